The molecule has 0 saturated heterocycles. The Morgan fingerprint density at radius 3 is 2.23 bits per heavy atom. The zero-order valence-electron chi connectivity index (χ0n) is 18.4. The molecule has 1 N–H and O–H groups in total. The first-order valence-corrected chi connectivity index (χ1v) is 9.98. The van der Waals surface area contributed by atoms with Gasteiger partial charge in [0.05, 0.1) is 21.3 Å². The molecule has 8 nitrogen and oxygen atoms in total. The van der Waals surface area contributed by atoms with Gasteiger partial charge in [-0.25, -0.2) is 0 Å². The summed E-state index contributed by atoms with van der Waals surface area (Å²) in [7, 11) is 4.56. The molecule has 164 valence electrons. The van der Waals surface area contributed by atoms with Crippen LogP contribution in [-0.2, 0) is 11.2 Å². The summed E-state index contributed by atoms with van der Waals surface area (Å²) in [4.78, 5) is 16.8. The van der Waals surface area contributed by atoms with Crippen molar-refractivity contribution < 1.29 is 23.5 Å². The molecule has 0 fully saturated rings. The van der Waals surface area contributed by atoms with E-state index in [0.29, 0.717) is 47.0 Å². The Morgan fingerprint density at radius 2 is 1.68 bits per heavy atom. The molecular formula is C23H27N3O5. The number of carbonyl (C=O) groups is 1. The van der Waals surface area contributed by atoms with Crippen LogP contribution in [0.15, 0.2) is 40.9 Å². The molecule has 0 bridgehead atoms. The van der Waals surface area contributed by atoms with Gasteiger partial charge in [0.2, 0.25) is 23.4 Å². The van der Waals surface area contributed by atoms with E-state index in [9.17, 15) is 4.79 Å². The Morgan fingerprint density at radius 1 is 1.03 bits per heavy atom. The van der Waals surface area contributed by atoms with E-state index in [-0.39, 0.29) is 12.3 Å². The predicted octanol–water partition coefficient (Wildman–Crippen LogP) is 4.46. The molecule has 3 aromatic rings. The lowest BCUT2D eigenvalue weighted by molar-refractivity contribution is -0.116. The first-order valence-electron chi connectivity index (χ1n) is 9.98. The number of carbonyl (C=O) groups excluding carboxylic acids is 1. The van der Waals surface area contributed by atoms with Gasteiger partial charge < -0.3 is 24.1 Å². The van der Waals surface area contributed by atoms with Gasteiger partial charge in [-0.3, -0.25) is 4.79 Å². The SMILES string of the molecule is COc1cc(NC(=O)CCc2nc(-c3ccc(C(C)C)cc3)no2)cc(OC)c1OC. The average Bonchev–Trinajstić information content (AvgIpc) is 3.26. The molecular weight excluding hydrogens is 398 g/mol. The second-order valence-corrected chi connectivity index (χ2v) is 7.25. The number of aromatic nitrogens is 2. The van der Waals surface area contributed by atoms with Gasteiger partial charge in [-0.1, -0.05) is 43.3 Å². The van der Waals surface area contributed by atoms with E-state index in [1.165, 1.54) is 26.9 Å². The van der Waals surface area contributed by atoms with Crippen molar-refractivity contribution in [3.63, 3.8) is 0 Å². The molecule has 0 unspecified atom stereocenters. The maximum absolute atomic E-state index is 12.4. The third-order valence-corrected chi connectivity index (χ3v) is 4.82. The van der Waals surface area contributed by atoms with Gasteiger partial charge in [0.25, 0.3) is 0 Å². The maximum Gasteiger partial charge on any atom is 0.227 e. The number of hydrogen-bond donors (Lipinski definition) is 1. The van der Waals surface area contributed by atoms with Gasteiger partial charge in [-0.2, -0.15) is 4.98 Å². The van der Waals surface area contributed by atoms with E-state index in [2.05, 4.69) is 41.4 Å². The highest BCUT2D eigenvalue weighted by molar-refractivity contribution is 5.91. The second kappa shape index (κ2) is 9.97. The van der Waals surface area contributed by atoms with Crippen molar-refractivity contribution in [1.29, 1.82) is 0 Å². The monoisotopic (exact) mass is 425 g/mol. The van der Waals surface area contributed by atoms with Crippen LogP contribution in [0, 0.1) is 0 Å². The number of nitrogens with one attached hydrogen (secondary N) is 1. The van der Waals surface area contributed by atoms with E-state index >= 15 is 0 Å². The van der Waals surface area contributed by atoms with Crippen molar-refractivity contribution in [2.24, 2.45) is 0 Å². The lowest BCUT2D eigenvalue weighted by Crippen LogP contribution is -2.12. The minimum absolute atomic E-state index is 0.185. The van der Waals surface area contributed by atoms with Crippen LogP contribution in [-0.4, -0.2) is 37.4 Å². The standard InChI is InChI=1S/C23H27N3O5/c1-14(2)15-6-8-16(9-7-15)23-25-21(31-26-23)11-10-20(27)24-17-12-18(28-3)22(30-5)19(13-17)29-4/h6-9,12-14H,10-11H2,1-5H3,(H,24,27). The summed E-state index contributed by atoms with van der Waals surface area (Å²) in [6, 6.07) is 11.4. The van der Waals surface area contributed by atoms with Crippen LogP contribution in [0.4, 0.5) is 5.69 Å². The molecule has 0 spiro atoms. The number of aryl methyl sites for hydroxylation is 1. The number of amides is 1. The molecule has 3 rings (SSSR count). The van der Waals surface area contributed by atoms with E-state index in [1.807, 2.05) is 12.1 Å². The number of methoxy groups -OCH3 is 3. The summed E-state index contributed by atoms with van der Waals surface area (Å²) < 4.78 is 21.2. The fraction of sp³-hybridized carbons (Fsp3) is 0.348. The average molecular weight is 425 g/mol. The highest BCUT2D eigenvalue weighted by atomic mass is 16.5. The molecule has 1 aromatic heterocycles. The zero-order valence-corrected chi connectivity index (χ0v) is 18.4. The van der Waals surface area contributed by atoms with Crippen LogP contribution < -0.4 is 19.5 Å². The number of nitrogens with zero attached hydrogens (tertiary/aromatic N) is 2. The number of ether oxygens (including phenoxy) is 3. The molecule has 31 heavy (non-hydrogen) atoms. The molecule has 1 amide bonds. The molecule has 0 saturated carbocycles. The summed E-state index contributed by atoms with van der Waals surface area (Å²) in [5.74, 6) is 2.56. The second-order valence-electron chi connectivity index (χ2n) is 7.25. The number of benzene rings is 2. The highest BCUT2D eigenvalue weighted by Gasteiger charge is 2.15. The molecule has 1 heterocycles. The minimum Gasteiger partial charge on any atom is -0.493 e. The molecule has 0 radical (unpaired) electrons. The minimum atomic E-state index is -0.199. The largest absolute Gasteiger partial charge is 0.493 e. The third-order valence-electron chi connectivity index (χ3n) is 4.82. The summed E-state index contributed by atoms with van der Waals surface area (Å²) in [5.41, 5.74) is 2.66. The van der Waals surface area contributed by atoms with Gasteiger partial charge in [-0.15, -0.1) is 0 Å². The molecule has 0 atom stereocenters. The number of hydrogen-bond acceptors (Lipinski definition) is 7. The highest BCUT2D eigenvalue weighted by Crippen LogP contribution is 2.39. The Balaban J connectivity index is 1.62. The van der Waals surface area contributed by atoms with Gasteiger partial charge in [-0.05, 0) is 11.5 Å². The molecule has 2 aromatic carbocycles. The zero-order chi connectivity index (χ0) is 22.4. The van der Waals surface area contributed by atoms with Crippen molar-refractivity contribution in [3.8, 4) is 28.6 Å². The fourth-order valence-corrected chi connectivity index (χ4v) is 3.09. The van der Waals surface area contributed by atoms with E-state index in [1.54, 1.807) is 12.1 Å². The quantitative estimate of drug-likeness (QED) is 0.541. The maximum atomic E-state index is 12.4. The van der Waals surface area contributed by atoms with Gasteiger partial charge in [0.15, 0.2) is 11.5 Å². The summed E-state index contributed by atoms with van der Waals surface area (Å²) >= 11 is 0. The Bertz CT molecular complexity index is 1000. The summed E-state index contributed by atoms with van der Waals surface area (Å²) in [6.07, 6.45) is 0.512. The van der Waals surface area contributed by atoms with Crippen LogP contribution in [0.25, 0.3) is 11.4 Å². The van der Waals surface area contributed by atoms with Crippen LogP contribution in [0.2, 0.25) is 0 Å². The van der Waals surface area contributed by atoms with Crippen LogP contribution in [0.1, 0.15) is 37.6 Å². The Hall–Kier alpha value is -3.55. The van der Waals surface area contributed by atoms with Crippen molar-refractivity contribution in [2.45, 2.75) is 32.6 Å². The van der Waals surface area contributed by atoms with Gasteiger partial charge in [0, 0.05) is 36.2 Å². The lowest BCUT2D eigenvalue weighted by atomic mass is 10.0. The molecule has 0 aliphatic carbocycles. The topological polar surface area (TPSA) is 95.7 Å². The molecule has 8 heteroatoms. The molecule has 0 aliphatic heterocycles. The number of rotatable bonds is 9. The Kier molecular flexibility index (Phi) is 7.12. The summed E-state index contributed by atoms with van der Waals surface area (Å²) in [6.45, 7) is 4.29. The fourth-order valence-electron chi connectivity index (χ4n) is 3.09. The van der Waals surface area contributed by atoms with E-state index in [4.69, 9.17) is 18.7 Å². The summed E-state index contributed by atoms with van der Waals surface area (Å²) in [5, 5.41) is 6.85. The van der Waals surface area contributed by atoms with Crippen molar-refractivity contribution in [2.75, 3.05) is 26.6 Å². The van der Waals surface area contributed by atoms with Gasteiger partial charge in [0.1, 0.15) is 0 Å². The molecule has 0 aliphatic rings. The van der Waals surface area contributed by atoms with Crippen molar-refractivity contribution >= 4 is 11.6 Å². The van der Waals surface area contributed by atoms with Crippen molar-refractivity contribution in [1.82, 2.24) is 10.1 Å². The van der Waals surface area contributed by atoms with Crippen molar-refractivity contribution in [3.05, 3.63) is 47.9 Å². The third kappa shape index (κ3) is 5.33. The number of anilines is 1. The van der Waals surface area contributed by atoms with E-state index in [0.717, 1.165) is 5.56 Å². The smallest absolute Gasteiger partial charge is 0.227 e. The normalized spacial score (nSPS) is 10.8. The van der Waals surface area contributed by atoms with Crippen LogP contribution >= 0.6 is 0 Å². The lowest BCUT2D eigenvalue weighted by Gasteiger charge is -2.14. The predicted molar refractivity (Wildman–Crippen MR) is 117 cm³/mol. The van der Waals surface area contributed by atoms with Crippen LogP contribution in [0.5, 0.6) is 17.2 Å². The first kappa shape index (κ1) is 22.1. The van der Waals surface area contributed by atoms with E-state index < -0.39 is 0 Å². The first-order chi connectivity index (χ1) is 14.9. The van der Waals surface area contributed by atoms with Gasteiger partial charge >= 0.3 is 0 Å². The Labute approximate surface area is 181 Å². The van der Waals surface area contributed by atoms with Crippen LogP contribution in [0.3, 0.4) is 0 Å².